The summed E-state index contributed by atoms with van der Waals surface area (Å²) in [6.45, 7) is 2.97. The maximum absolute atomic E-state index is 11.9. The molecule has 0 amide bonds. The van der Waals surface area contributed by atoms with Gasteiger partial charge in [0.15, 0.2) is 5.96 Å². The van der Waals surface area contributed by atoms with Crippen LogP contribution in [0.5, 0.6) is 0 Å². The van der Waals surface area contributed by atoms with Crippen LogP contribution >= 0.6 is 0 Å². The molecule has 0 fully saturated rings. The molecule has 0 aliphatic heterocycles. The molecule has 3 N–H and O–H groups in total. The number of para-hydroxylation sites is 1. The lowest BCUT2D eigenvalue weighted by Crippen LogP contribution is -2.36. The van der Waals surface area contributed by atoms with Crippen molar-refractivity contribution in [1.82, 2.24) is 15.4 Å². The number of furan rings is 1. The zero-order chi connectivity index (χ0) is 20.1. The smallest absolute Gasteiger partial charge is 0.240 e. The number of aryl methyl sites for hydroxylation is 1. The van der Waals surface area contributed by atoms with Crippen LogP contribution in [0.25, 0.3) is 11.0 Å². The predicted octanol–water partition coefficient (Wildman–Crippen LogP) is 2.51. The topological polar surface area (TPSA) is 95.7 Å². The Morgan fingerprint density at radius 1 is 1.07 bits per heavy atom. The van der Waals surface area contributed by atoms with Crippen LogP contribution in [0, 0.1) is 6.92 Å². The number of aliphatic imine (C=N–C) groups is 1. The van der Waals surface area contributed by atoms with E-state index in [0.717, 1.165) is 27.9 Å². The second-order valence-electron chi connectivity index (χ2n) is 6.28. The normalized spacial score (nSPS) is 12.3. The molecule has 0 spiro atoms. The first-order valence-corrected chi connectivity index (χ1v) is 10.4. The molecule has 1 heterocycles. The van der Waals surface area contributed by atoms with Crippen LogP contribution in [0.4, 0.5) is 0 Å². The average Bonchev–Trinajstić information content (AvgIpc) is 3.04. The van der Waals surface area contributed by atoms with Crippen molar-refractivity contribution in [3.63, 3.8) is 0 Å². The summed E-state index contributed by atoms with van der Waals surface area (Å²) < 4.78 is 32.1. The number of sulfonamides is 1. The van der Waals surface area contributed by atoms with Gasteiger partial charge >= 0.3 is 0 Å². The number of hydrogen-bond donors (Lipinski definition) is 3. The number of nitrogens with zero attached hydrogens (tertiary/aromatic N) is 1. The summed E-state index contributed by atoms with van der Waals surface area (Å²) in [7, 11) is -0.387. The van der Waals surface area contributed by atoms with E-state index < -0.39 is 10.0 Å². The summed E-state index contributed by atoms with van der Waals surface area (Å²) in [5, 5.41) is 7.52. The summed E-state index contributed by atoms with van der Waals surface area (Å²) >= 11 is 0. The first-order valence-electron chi connectivity index (χ1n) is 8.88. The second-order valence-corrected chi connectivity index (χ2v) is 8.17. The van der Waals surface area contributed by atoms with Gasteiger partial charge in [-0.1, -0.05) is 30.3 Å². The molecule has 0 unspecified atom stereocenters. The van der Waals surface area contributed by atoms with Crippen molar-refractivity contribution in [2.45, 2.75) is 24.9 Å². The largest absolute Gasteiger partial charge is 0.459 e. The van der Waals surface area contributed by atoms with Crippen LogP contribution in [-0.2, 0) is 23.1 Å². The summed E-state index contributed by atoms with van der Waals surface area (Å²) in [6, 6.07) is 14.7. The Labute approximate surface area is 164 Å². The third-order valence-corrected chi connectivity index (χ3v) is 5.93. The molecule has 3 aromatic rings. The predicted molar refractivity (Wildman–Crippen MR) is 111 cm³/mol. The summed E-state index contributed by atoms with van der Waals surface area (Å²) in [5.74, 6) is 1.45. The van der Waals surface area contributed by atoms with Gasteiger partial charge in [-0.2, -0.15) is 0 Å². The van der Waals surface area contributed by atoms with Crippen LogP contribution in [-0.4, -0.2) is 28.5 Å². The quantitative estimate of drug-likeness (QED) is 0.436. The molecule has 3 rings (SSSR count). The van der Waals surface area contributed by atoms with E-state index in [0.29, 0.717) is 19.0 Å². The van der Waals surface area contributed by atoms with Crippen LogP contribution in [0.3, 0.4) is 0 Å². The molecule has 0 saturated carbocycles. The summed E-state index contributed by atoms with van der Waals surface area (Å²) in [5.41, 5.74) is 2.80. The first kappa shape index (κ1) is 19.9. The van der Waals surface area contributed by atoms with Gasteiger partial charge in [0.2, 0.25) is 10.0 Å². The Balaban J connectivity index is 1.64. The van der Waals surface area contributed by atoms with Crippen molar-refractivity contribution in [2.75, 3.05) is 14.1 Å². The Morgan fingerprint density at radius 2 is 1.82 bits per heavy atom. The van der Waals surface area contributed by atoms with Gasteiger partial charge in [-0.25, -0.2) is 13.1 Å². The molecular weight excluding hydrogens is 376 g/mol. The Kier molecular flexibility index (Phi) is 6.01. The average molecular weight is 401 g/mol. The van der Waals surface area contributed by atoms with Crippen molar-refractivity contribution in [1.29, 1.82) is 0 Å². The van der Waals surface area contributed by atoms with Crippen LogP contribution in [0.1, 0.15) is 16.9 Å². The highest BCUT2D eigenvalue weighted by molar-refractivity contribution is 7.89. The van der Waals surface area contributed by atoms with E-state index in [4.69, 9.17) is 4.42 Å². The number of nitrogens with one attached hydrogen (secondary N) is 3. The monoisotopic (exact) mass is 400 g/mol. The van der Waals surface area contributed by atoms with Crippen molar-refractivity contribution in [3.05, 3.63) is 65.4 Å². The van der Waals surface area contributed by atoms with Gasteiger partial charge in [0.05, 0.1) is 11.4 Å². The van der Waals surface area contributed by atoms with E-state index in [-0.39, 0.29) is 4.90 Å². The van der Waals surface area contributed by atoms with Crippen LogP contribution in [0.15, 0.2) is 62.8 Å². The lowest BCUT2D eigenvalue weighted by Gasteiger charge is -2.12. The van der Waals surface area contributed by atoms with Crippen molar-refractivity contribution in [2.24, 2.45) is 4.99 Å². The number of benzene rings is 2. The van der Waals surface area contributed by atoms with E-state index >= 15 is 0 Å². The highest BCUT2D eigenvalue weighted by Crippen LogP contribution is 2.24. The van der Waals surface area contributed by atoms with E-state index in [1.807, 2.05) is 37.3 Å². The molecule has 0 atom stereocenters. The van der Waals surface area contributed by atoms with Crippen LogP contribution in [0.2, 0.25) is 0 Å². The van der Waals surface area contributed by atoms with Gasteiger partial charge in [-0.3, -0.25) is 4.99 Å². The minimum atomic E-state index is -3.46. The molecular formula is C20H24N4O3S. The molecule has 8 heteroatoms. The SMILES string of the molecule is CN=C(NCc1cccc(S(=O)(=O)NC)c1)NCc1oc2ccccc2c1C. The molecule has 28 heavy (non-hydrogen) atoms. The Morgan fingerprint density at radius 3 is 2.54 bits per heavy atom. The van der Waals surface area contributed by atoms with Crippen molar-refractivity contribution in [3.8, 4) is 0 Å². The fourth-order valence-electron chi connectivity index (χ4n) is 2.90. The van der Waals surface area contributed by atoms with Gasteiger partial charge in [-0.15, -0.1) is 0 Å². The van der Waals surface area contributed by atoms with Gasteiger partial charge < -0.3 is 15.1 Å². The van der Waals surface area contributed by atoms with Gasteiger partial charge in [0.1, 0.15) is 11.3 Å². The van der Waals surface area contributed by atoms with E-state index in [2.05, 4.69) is 20.3 Å². The summed E-state index contributed by atoms with van der Waals surface area (Å²) in [6.07, 6.45) is 0. The zero-order valence-corrected chi connectivity index (χ0v) is 16.9. The summed E-state index contributed by atoms with van der Waals surface area (Å²) in [4.78, 5) is 4.44. The van der Waals surface area contributed by atoms with E-state index in [1.54, 1.807) is 25.2 Å². The Hall–Kier alpha value is -2.84. The maximum atomic E-state index is 11.9. The number of rotatable bonds is 6. The molecule has 0 saturated heterocycles. The molecule has 1 aromatic heterocycles. The highest BCUT2D eigenvalue weighted by Gasteiger charge is 2.12. The fourth-order valence-corrected chi connectivity index (χ4v) is 3.70. The first-order chi connectivity index (χ1) is 13.4. The molecule has 0 radical (unpaired) electrons. The minimum absolute atomic E-state index is 0.232. The zero-order valence-electron chi connectivity index (χ0n) is 16.1. The van der Waals surface area contributed by atoms with E-state index in [9.17, 15) is 8.42 Å². The number of hydrogen-bond acceptors (Lipinski definition) is 4. The molecule has 0 bridgehead atoms. The van der Waals surface area contributed by atoms with Crippen LogP contribution < -0.4 is 15.4 Å². The fraction of sp³-hybridized carbons (Fsp3) is 0.250. The third-order valence-electron chi connectivity index (χ3n) is 4.52. The van der Waals surface area contributed by atoms with Gasteiger partial charge in [0.25, 0.3) is 0 Å². The highest BCUT2D eigenvalue weighted by atomic mass is 32.2. The molecule has 148 valence electrons. The maximum Gasteiger partial charge on any atom is 0.240 e. The molecule has 0 aliphatic rings. The molecule has 0 aliphatic carbocycles. The second kappa shape index (κ2) is 8.45. The minimum Gasteiger partial charge on any atom is -0.459 e. The lowest BCUT2D eigenvalue weighted by atomic mass is 10.1. The molecule has 7 nitrogen and oxygen atoms in total. The van der Waals surface area contributed by atoms with E-state index in [1.165, 1.54) is 7.05 Å². The Bertz CT molecular complexity index is 1100. The number of guanidine groups is 1. The van der Waals surface area contributed by atoms with Gasteiger partial charge in [-0.05, 0) is 37.7 Å². The lowest BCUT2D eigenvalue weighted by molar-refractivity contribution is 0.534. The standard InChI is InChI=1S/C20H24N4O3S/c1-14-17-9-4-5-10-18(17)27-19(14)13-24-20(21-2)23-12-15-7-6-8-16(11-15)28(25,26)22-3/h4-11,22H,12-13H2,1-3H3,(H2,21,23,24). The van der Waals surface area contributed by atoms with Crippen molar-refractivity contribution >= 4 is 27.0 Å². The molecule has 2 aromatic carbocycles. The number of fused-ring (bicyclic) bond motifs is 1. The van der Waals surface area contributed by atoms with Gasteiger partial charge in [0, 0.05) is 24.5 Å². The third kappa shape index (κ3) is 4.35. The van der Waals surface area contributed by atoms with Crippen molar-refractivity contribution < 1.29 is 12.8 Å².